The zero-order valence-electron chi connectivity index (χ0n) is 18.4. The van der Waals surface area contributed by atoms with Crippen LogP contribution in [0, 0.1) is 0 Å². The van der Waals surface area contributed by atoms with E-state index in [1.807, 2.05) is 31.2 Å². The lowest BCUT2D eigenvalue weighted by Gasteiger charge is -2.32. The molecule has 0 aliphatic carbocycles. The number of benzene rings is 1. The van der Waals surface area contributed by atoms with Gasteiger partial charge in [-0.25, -0.2) is 4.99 Å². The second kappa shape index (κ2) is 13.3. The van der Waals surface area contributed by atoms with Gasteiger partial charge in [0, 0.05) is 37.2 Å². The summed E-state index contributed by atoms with van der Waals surface area (Å²) >= 11 is 5.92. The molecule has 8 heteroatoms. The molecule has 30 heavy (non-hydrogen) atoms. The van der Waals surface area contributed by atoms with Gasteiger partial charge in [0.2, 0.25) is 5.91 Å². The lowest BCUT2D eigenvalue weighted by atomic mass is 10.1. The van der Waals surface area contributed by atoms with E-state index >= 15 is 0 Å². The number of carbonyl (C=O) groups is 1. The Morgan fingerprint density at radius 1 is 1.23 bits per heavy atom. The Kier molecular flexibility index (Phi) is 10.8. The normalized spacial score (nSPS) is 16.7. The van der Waals surface area contributed by atoms with Crippen LogP contribution in [0.25, 0.3) is 0 Å². The number of rotatable bonds is 10. The first-order chi connectivity index (χ1) is 14.5. The minimum atomic E-state index is -0.0508. The maximum atomic E-state index is 11.9. The Morgan fingerprint density at radius 3 is 2.57 bits per heavy atom. The second-order valence-electron chi connectivity index (χ2n) is 7.65. The minimum absolute atomic E-state index is 0.0508. The number of guanidine groups is 1. The third-order valence-electron chi connectivity index (χ3n) is 4.87. The van der Waals surface area contributed by atoms with Crippen molar-refractivity contribution < 1.29 is 9.53 Å². The monoisotopic (exact) mass is 437 g/mol. The van der Waals surface area contributed by atoms with Gasteiger partial charge in [-0.1, -0.05) is 18.5 Å². The molecule has 1 unspecified atom stereocenters. The number of nitrogens with one attached hydrogen (secondary N) is 3. The third-order valence-corrected chi connectivity index (χ3v) is 5.12. The van der Waals surface area contributed by atoms with E-state index in [4.69, 9.17) is 16.3 Å². The van der Waals surface area contributed by atoms with E-state index in [1.165, 1.54) is 0 Å². The van der Waals surface area contributed by atoms with Crippen molar-refractivity contribution in [2.75, 3.05) is 39.3 Å². The topological polar surface area (TPSA) is 78.0 Å². The van der Waals surface area contributed by atoms with E-state index in [2.05, 4.69) is 39.7 Å². The van der Waals surface area contributed by atoms with Crippen LogP contribution in [-0.2, 0) is 4.79 Å². The molecule has 1 aliphatic rings. The van der Waals surface area contributed by atoms with E-state index < -0.39 is 0 Å². The zero-order valence-corrected chi connectivity index (χ0v) is 19.2. The van der Waals surface area contributed by atoms with Gasteiger partial charge in [-0.05, 0) is 57.4 Å². The van der Waals surface area contributed by atoms with Gasteiger partial charge >= 0.3 is 0 Å². The number of halogens is 1. The van der Waals surface area contributed by atoms with Crippen LogP contribution in [0.3, 0.4) is 0 Å². The lowest BCUT2D eigenvalue weighted by molar-refractivity contribution is -0.122. The molecule has 1 saturated heterocycles. The summed E-state index contributed by atoms with van der Waals surface area (Å²) in [7, 11) is 0. The number of piperidine rings is 1. The molecule has 0 radical (unpaired) electrons. The van der Waals surface area contributed by atoms with E-state index in [-0.39, 0.29) is 12.0 Å². The third kappa shape index (κ3) is 9.22. The van der Waals surface area contributed by atoms with Crippen LogP contribution in [0.2, 0.25) is 5.02 Å². The average molecular weight is 438 g/mol. The summed E-state index contributed by atoms with van der Waals surface area (Å²) in [6, 6.07) is 7.71. The van der Waals surface area contributed by atoms with Crippen LogP contribution in [0.1, 0.15) is 40.0 Å². The van der Waals surface area contributed by atoms with E-state index in [9.17, 15) is 4.79 Å². The molecule has 1 aromatic rings. The molecule has 0 spiro atoms. The molecule has 168 valence electrons. The largest absolute Gasteiger partial charge is 0.489 e. The highest BCUT2D eigenvalue weighted by Crippen LogP contribution is 2.17. The zero-order chi connectivity index (χ0) is 21.8. The smallest absolute Gasteiger partial charge is 0.234 e. The van der Waals surface area contributed by atoms with E-state index in [0.29, 0.717) is 24.2 Å². The first-order valence-corrected chi connectivity index (χ1v) is 11.3. The Balaban J connectivity index is 1.76. The Hall–Kier alpha value is -1.99. The number of ether oxygens (including phenoxy) is 1. The van der Waals surface area contributed by atoms with Gasteiger partial charge in [-0.3, -0.25) is 9.69 Å². The van der Waals surface area contributed by atoms with Gasteiger partial charge in [-0.15, -0.1) is 0 Å². The van der Waals surface area contributed by atoms with Crippen LogP contribution in [-0.4, -0.2) is 68.2 Å². The fraction of sp³-hybridized carbons (Fsp3) is 0.636. The van der Waals surface area contributed by atoms with Crippen molar-refractivity contribution in [2.45, 2.75) is 52.2 Å². The standard InChI is InChI=1S/C22H36ClN5O2/c1-4-12-25-21(29)16-28-13-10-19(11-14-28)27-22(24-5-2)26-15-17(3)30-20-8-6-18(23)7-9-20/h6-9,17,19H,4-5,10-16H2,1-3H3,(H,25,29)(H2,24,26,27). The number of aliphatic imine (C=N–C) groups is 1. The Labute approximate surface area is 185 Å². The number of carbonyl (C=O) groups excluding carboxylic acids is 1. The quantitative estimate of drug-likeness (QED) is 0.387. The summed E-state index contributed by atoms with van der Waals surface area (Å²) in [6.45, 7) is 10.5. The molecule has 3 N–H and O–H groups in total. The van der Waals surface area contributed by atoms with Crippen molar-refractivity contribution in [3.63, 3.8) is 0 Å². The number of nitrogens with zero attached hydrogens (tertiary/aromatic N) is 2. The maximum absolute atomic E-state index is 11.9. The van der Waals surface area contributed by atoms with Crippen LogP contribution in [0.4, 0.5) is 0 Å². The molecule has 1 fully saturated rings. The summed E-state index contributed by atoms with van der Waals surface area (Å²) in [5, 5.41) is 10.5. The van der Waals surface area contributed by atoms with Crippen molar-refractivity contribution in [3.05, 3.63) is 29.3 Å². The van der Waals surface area contributed by atoms with Gasteiger partial charge in [0.1, 0.15) is 11.9 Å². The van der Waals surface area contributed by atoms with Crippen LogP contribution in [0.5, 0.6) is 5.75 Å². The van der Waals surface area contributed by atoms with E-state index in [1.54, 1.807) is 0 Å². The number of hydrogen-bond acceptors (Lipinski definition) is 4. The second-order valence-corrected chi connectivity index (χ2v) is 8.08. The first-order valence-electron chi connectivity index (χ1n) is 11.0. The van der Waals surface area contributed by atoms with Crippen molar-refractivity contribution in [3.8, 4) is 5.75 Å². The molecular formula is C22H36ClN5O2. The molecule has 0 aromatic heterocycles. The fourth-order valence-electron chi connectivity index (χ4n) is 3.27. The molecule has 1 aromatic carbocycles. The highest BCUT2D eigenvalue weighted by molar-refractivity contribution is 6.30. The summed E-state index contributed by atoms with van der Waals surface area (Å²) in [6.07, 6.45) is 2.89. The molecule has 0 saturated carbocycles. The number of hydrogen-bond donors (Lipinski definition) is 3. The highest BCUT2D eigenvalue weighted by atomic mass is 35.5. The van der Waals surface area contributed by atoms with Crippen LogP contribution in [0.15, 0.2) is 29.3 Å². The molecular weight excluding hydrogens is 402 g/mol. The van der Waals surface area contributed by atoms with Crippen molar-refractivity contribution in [1.82, 2.24) is 20.9 Å². The van der Waals surface area contributed by atoms with Gasteiger partial charge in [-0.2, -0.15) is 0 Å². The van der Waals surface area contributed by atoms with Crippen molar-refractivity contribution in [1.29, 1.82) is 0 Å². The van der Waals surface area contributed by atoms with Gasteiger partial charge in [0.05, 0.1) is 13.1 Å². The Morgan fingerprint density at radius 2 is 1.93 bits per heavy atom. The summed E-state index contributed by atoms with van der Waals surface area (Å²) in [4.78, 5) is 18.8. The SMILES string of the molecule is CCCNC(=O)CN1CCC(NC(=NCC(C)Oc2ccc(Cl)cc2)NCC)CC1. The molecule has 1 amide bonds. The van der Waals surface area contributed by atoms with Gasteiger partial charge in [0.25, 0.3) is 0 Å². The summed E-state index contributed by atoms with van der Waals surface area (Å²) in [5.74, 6) is 1.71. The van der Waals surface area contributed by atoms with Crippen LogP contribution >= 0.6 is 11.6 Å². The lowest BCUT2D eigenvalue weighted by Crippen LogP contribution is -2.50. The summed E-state index contributed by atoms with van der Waals surface area (Å²) < 4.78 is 5.90. The number of amides is 1. The molecule has 1 atom stereocenters. The van der Waals surface area contributed by atoms with Crippen molar-refractivity contribution >= 4 is 23.5 Å². The molecule has 1 aliphatic heterocycles. The minimum Gasteiger partial charge on any atom is -0.489 e. The predicted molar refractivity (Wildman–Crippen MR) is 123 cm³/mol. The average Bonchev–Trinajstić information content (AvgIpc) is 2.74. The molecule has 0 bridgehead atoms. The van der Waals surface area contributed by atoms with Gasteiger partial charge in [0.15, 0.2) is 5.96 Å². The van der Waals surface area contributed by atoms with E-state index in [0.717, 1.165) is 57.2 Å². The molecule has 1 heterocycles. The first kappa shape index (κ1) is 24.3. The Bertz CT molecular complexity index is 660. The fourth-order valence-corrected chi connectivity index (χ4v) is 3.40. The maximum Gasteiger partial charge on any atom is 0.234 e. The van der Waals surface area contributed by atoms with Crippen LogP contribution < -0.4 is 20.7 Å². The van der Waals surface area contributed by atoms with Crippen molar-refractivity contribution in [2.24, 2.45) is 4.99 Å². The molecule has 7 nitrogen and oxygen atoms in total. The predicted octanol–water partition coefficient (Wildman–Crippen LogP) is 2.65. The molecule has 2 rings (SSSR count). The highest BCUT2D eigenvalue weighted by Gasteiger charge is 2.21. The van der Waals surface area contributed by atoms with Gasteiger partial charge < -0.3 is 20.7 Å². The number of likely N-dealkylation sites (tertiary alicyclic amines) is 1. The summed E-state index contributed by atoms with van der Waals surface area (Å²) in [5.41, 5.74) is 0.